The number of fused-ring (bicyclic) bond motifs is 2. The second kappa shape index (κ2) is 18.6. The van der Waals surface area contributed by atoms with Crippen LogP contribution in [-0.4, -0.2) is 98.1 Å². The summed E-state index contributed by atoms with van der Waals surface area (Å²) in [6.45, 7) is 16.3. The quantitative estimate of drug-likeness (QED) is 0.114. The monoisotopic (exact) mass is 913 g/mol. The fourth-order valence-corrected chi connectivity index (χ4v) is 10.9. The number of benzene rings is 2. The first-order valence-electron chi connectivity index (χ1n) is 24.1. The highest BCUT2D eigenvalue weighted by Gasteiger charge is 2.35. The minimum atomic E-state index is -0.409. The van der Waals surface area contributed by atoms with Gasteiger partial charge in [-0.2, -0.15) is 4.98 Å². The van der Waals surface area contributed by atoms with E-state index in [1.54, 1.807) is 6.33 Å². The molecule has 10 rings (SSSR count). The molecule has 0 radical (unpaired) electrons. The molecule has 0 spiro atoms. The molecule has 350 valence electrons. The number of piperidine rings is 3. The van der Waals surface area contributed by atoms with Crippen molar-refractivity contribution >= 4 is 40.3 Å². The number of likely N-dealkylation sites (tertiary alicyclic amines) is 1. The van der Waals surface area contributed by atoms with Crippen LogP contribution in [0.3, 0.4) is 0 Å². The molecule has 15 heteroatoms. The number of amides is 1. The zero-order valence-corrected chi connectivity index (χ0v) is 39.6. The Morgan fingerprint density at radius 2 is 1.72 bits per heavy atom. The number of allylic oxidation sites excluding steroid dienone is 2. The summed E-state index contributed by atoms with van der Waals surface area (Å²) in [4.78, 5) is 65.8. The SMILES string of the molecule is Cc1cc(-c2ncnc3[nH]c(-c4ccc(N5CCC(CN6CCC(N7CCc8c([C@H]9CCC(=C=O)NC9=C=O)cccc87)CC6)CC5)nc4)cc23)ccc1[C@@H](C)NC(=O)c1nc(C(C)(C)C)no1. The van der Waals surface area contributed by atoms with Crippen LogP contribution in [0.15, 0.2) is 83.0 Å². The van der Waals surface area contributed by atoms with Gasteiger partial charge in [0.05, 0.1) is 11.7 Å². The Morgan fingerprint density at radius 1 is 0.912 bits per heavy atom. The summed E-state index contributed by atoms with van der Waals surface area (Å²) in [5.41, 5.74) is 10.8. The average molecular weight is 914 g/mol. The number of carbonyl (C=O) groups excluding carboxylic acids is 3. The van der Waals surface area contributed by atoms with E-state index in [-0.39, 0.29) is 23.3 Å². The molecule has 4 aliphatic heterocycles. The molecule has 8 heterocycles. The molecular weight excluding hydrogens is 855 g/mol. The lowest BCUT2D eigenvalue weighted by molar-refractivity contribution is 0.0895. The molecule has 3 N–H and O–H groups in total. The summed E-state index contributed by atoms with van der Waals surface area (Å²) in [5, 5.41) is 10.9. The number of aromatic nitrogens is 6. The first-order chi connectivity index (χ1) is 32.9. The van der Waals surface area contributed by atoms with Gasteiger partial charge in [0.1, 0.15) is 41.1 Å². The van der Waals surface area contributed by atoms with Crippen LogP contribution in [0.1, 0.15) is 117 Å². The van der Waals surface area contributed by atoms with Crippen molar-refractivity contribution in [3.8, 4) is 22.5 Å². The maximum absolute atomic E-state index is 13.0. The number of pyridine rings is 1. The summed E-state index contributed by atoms with van der Waals surface area (Å²) in [6, 6.07) is 19.3. The van der Waals surface area contributed by atoms with Gasteiger partial charge in [0.25, 0.3) is 0 Å². The molecule has 0 unspecified atom stereocenters. The van der Waals surface area contributed by atoms with Gasteiger partial charge in [-0.1, -0.05) is 50.2 Å². The summed E-state index contributed by atoms with van der Waals surface area (Å²) >= 11 is 0. The predicted molar refractivity (Wildman–Crippen MR) is 262 cm³/mol. The molecule has 3 fully saturated rings. The molecule has 3 saturated heterocycles. The molecule has 0 saturated carbocycles. The maximum Gasteiger partial charge on any atom is 0.315 e. The van der Waals surface area contributed by atoms with Crippen molar-refractivity contribution in [1.29, 1.82) is 0 Å². The van der Waals surface area contributed by atoms with Gasteiger partial charge in [-0.25, -0.2) is 24.5 Å². The van der Waals surface area contributed by atoms with Crippen molar-refractivity contribution in [3.63, 3.8) is 0 Å². The van der Waals surface area contributed by atoms with E-state index in [1.807, 2.05) is 58.9 Å². The van der Waals surface area contributed by atoms with Crippen LogP contribution in [0.5, 0.6) is 0 Å². The molecule has 68 heavy (non-hydrogen) atoms. The number of rotatable bonds is 10. The Morgan fingerprint density at radius 3 is 2.44 bits per heavy atom. The minimum Gasteiger partial charge on any atom is -0.368 e. The Labute approximate surface area is 396 Å². The van der Waals surface area contributed by atoms with Crippen LogP contribution in [0.2, 0.25) is 0 Å². The van der Waals surface area contributed by atoms with E-state index in [1.165, 1.54) is 16.8 Å². The Bertz CT molecular complexity index is 2940. The molecular formula is C53H59N11O4. The van der Waals surface area contributed by atoms with E-state index in [2.05, 4.69) is 93.8 Å². The third kappa shape index (κ3) is 8.97. The van der Waals surface area contributed by atoms with Crippen molar-refractivity contribution in [3.05, 3.63) is 112 Å². The van der Waals surface area contributed by atoms with Crippen LogP contribution in [0.4, 0.5) is 11.5 Å². The van der Waals surface area contributed by atoms with Crippen molar-refractivity contribution in [2.24, 2.45) is 5.92 Å². The molecule has 4 aromatic heterocycles. The van der Waals surface area contributed by atoms with Gasteiger partial charge in [-0.05, 0) is 117 Å². The first kappa shape index (κ1) is 44.9. The number of carbonyl (C=O) groups is 1. The normalized spacial score (nSPS) is 18.9. The molecule has 4 aliphatic rings. The van der Waals surface area contributed by atoms with E-state index in [0.29, 0.717) is 35.6 Å². The zero-order chi connectivity index (χ0) is 47.1. The summed E-state index contributed by atoms with van der Waals surface area (Å²) in [6.07, 6.45) is 10.4. The molecule has 15 nitrogen and oxygen atoms in total. The number of anilines is 2. The maximum atomic E-state index is 13.0. The zero-order valence-electron chi connectivity index (χ0n) is 39.6. The Balaban J connectivity index is 0.717. The van der Waals surface area contributed by atoms with Crippen LogP contribution in [0.25, 0.3) is 33.5 Å². The molecule has 2 aromatic carbocycles. The molecule has 0 bridgehead atoms. The number of H-pyrrole nitrogens is 1. The van der Waals surface area contributed by atoms with E-state index in [0.717, 1.165) is 128 Å². The van der Waals surface area contributed by atoms with E-state index in [4.69, 9.17) is 14.5 Å². The lowest BCUT2D eigenvalue weighted by atomic mass is 9.84. The molecule has 0 aliphatic carbocycles. The summed E-state index contributed by atoms with van der Waals surface area (Å²) < 4.78 is 5.26. The molecule has 2 atom stereocenters. The highest BCUT2D eigenvalue weighted by Crippen LogP contribution is 2.42. The number of hydrogen-bond acceptors (Lipinski definition) is 13. The topological polar surface area (TPSA) is 178 Å². The average Bonchev–Trinajstić information content (AvgIpc) is 4.14. The van der Waals surface area contributed by atoms with Gasteiger partial charge in [-0.3, -0.25) is 4.79 Å². The lowest BCUT2D eigenvalue weighted by Crippen LogP contribution is -2.46. The number of nitrogens with zero attached hydrogens (tertiary/aromatic N) is 8. The number of aryl methyl sites for hydroxylation is 1. The second-order valence-electron chi connectivity index (χ2n) is 20.1. The van der Waals surface area contributed by atoms with Gasteiger partial charge in [0, 0.05) is 90.7 Å². The van der Waals surface area contributed by atoms with Gasteiger partial charge >= 0.3 is 11.8 Å². The van der Waals surface area contributed by atoms with Gasteiger partial charge in [0.15, 0.2) is 5.82 Å². The minimum absolute atomic E-state index is 0.0482. The summed E-state index contributed by atoms with van der Waals surface area (Å²) in [7, 11) is 0. The van der Waals surface area contributed by atoms with Crippen LogP contribution in [-0.2, 0) is 21.4 Å². The van der Waals surface area contributed by atoms with E-state index >= 15 is 0 Å². The van der Waals surface area contributed by atoms with Crippen molar-refractivity contribution < 1.29 is 18.9 Å². The molecule has 6 aromatic rings. The van der Waals surface area contributed by atoms with Gasteiger partial charge < -0.3 is 34.8 Å². The van der Waals surface area contributed by atoms with Gasteiger partial charge in [0.2, 0.25) is 0 Å². The van der Waals surface area contributed by atoms with E-state index in [9.17, 15) is 14.4 Å². The van der Waals surface area contributed by atoms with E-state index < -0.39 is 5.91 Å². The van der Waals surface area contributed by atoms with Crippen LogP contribution in [0, 0.1) is 12.8 Å². The standard InChI is InChI=1S/C53H59N11O4/c1-32-25-35(9-12-39(32)33(2)57-50(67)51-60-52(61-68-51)53(3,4)5)48-43-26-44(59-49(43)56-31-55-48)36-10-14-47(54-27-36)63-22-15-34(16-23-63)28-62-20-17-38(18-21-62)64-24-19-42-40(7-6-8-46(42)64)41-13-11-37(29-65)58-45(41)30-66/h6-10,12,14,25-27,31,33-34,38,41,58H,11,13,15-24,28H2,1-5H3,(H,57,67)(H,55,56,59)/t33-,41-/m1/s1. The smallest absolute Gasteiger partial charge is 0.315 e. The fourth-order valence-electron chi connectivity index (χ4n) is 10.9. The van der Waals surface area contributed by atoms with Crippen LogP contribution >= 0.6 is 0 Å². The third-order valence-electron chi connectivity index (χ3n) is 14.6. The predicted octanol–water partition coefficient (Wildman–Crippen LogP) is 7.81. The summed E-state index contributed by atoms with van der Waals surface area (Å²) in [5.74, 6) is 5.66. The molecule has 1 amide bonds. The van der Waals surface area contributed by atoms with Gasteiger partial charge in [-0.15, -0.1) is 0 Å². The number of hydrogen-bond donors (Lipinski definition) is 3. The second-order valence-corrected chi connectivity index (χ2v) is 20.1. The third-order valence-corrected chi connectivity index (χ3v) is 14.6. The number of nitrogens with one attached hydrogen (secondary N) is 3. The fraction of sp³-hybridized carbons (Fsp3) is 0.434. The highest BCUT2D eigenvalue weighted by atomic mass is 16.5. The van der Waals surface area contributed by atoms with Crippen molar-refractivity contribution in [2.45, 2.75) is 103 Å². The van der Waals surface area contributed by atoms with Crippen molar-refractivity contribution in [1.82, 2.24) is 45.6 Å². The lowest BCUT2D eigenvalue weighted by Gasteiger charge is -2.40. The first-order valence-corrected chi connectivity index (χ1v) is 24.1. The van der Waals surface area contributed by atoms with Crippen LogP contribution < -0.4 is 20.4 Å². The Hall–Kier alpha value is -6.92. The highest BCUT2D eigenvalue weighted by molar-refractivity contribution is 5.94. The largest absolute Gasteiger partial charge is 0.368 e. The van der Waals surface area contributed by atoms with Crippen molar-refractivity contribution in [2.75, 3.05) is 49.1 Å². The Kier molecular flexibility index (Phi) is 12.3. The number of aromatic amines is 1.